The number of nitrogens with zero attached hydrogens (tertiary/aromatic N) is 2. The summed E-state index contributed by atoms with van der Waals surface area (Å²) in [7, 11) is 1.56. The zero-order chi connectivity index (χ0) is 17.6. The van der Waals surface area contributed by atoms with Crippen LogP contribution in [0.15, 0.2) is 48.0 Å². The van der Waals surface area contributed by atoms with E-state index in [-0.39, 0.29) is 12.3 Å². The lowest BCUT2D eigenvalue weighted by Crippen LogP contribution is -2.24. The minimum absolute atomic E-state index is 0.0909. The second kappa shape index (κ2) is 8.09. The van der Waals surface area contributed by atoms with Crippen molar-refractivity contribution in [2.24, 2.45) is 0 Å². The molecule has 128 valence electrons. The van der Waals surface area contributed by atoms with E-state index in [2.05, 4.69) is 15.3 Å². The number of carbonyl (C=O) groups excluding carboxylic acids is 1. The lowest BCUT2D eigenvalue weighted by molar-refractivity contribution is -0.120. The van der Waals surface area contributed by atoms with Crippen molar-refractivity contribution in [3.05, 3.63) is 64.3 Å². The first-order valence-electron chi connectivity index (χ1n) is 7.60. The van der Waals surface area contributed by atoms with E-state index in [0.29, 0.717) is 17.4 Å². The minimum Gasteiger partial charge on any atom is -0.481 e. The first-order chi connectivity index (χ1) is 12.2. The van der Waals surface area contributed by atoms with Gasteiger partial charge in [0, 0.05) is 29.8 Å². The number of ether oxygens (including phenoxy) is 1. The summed E-state index contributed by atoms with van der Waals surface area (Å²) in [5, 5.41) is 6.22. The quantitative estimate of drug-likeness (QED) is 0.715. The highest BCUT2D eigenvalue weighted by atomic mass is 35.5. The minimum atomic E-state index is -0.0909. The molecule has 0 aliphatic rings. The van der Waals surface area contributed by atoms with Gasteiger partial charge in [0.15, 0.2) is 0 Å². The fourth-order valence-corrected chi connectivity index (χ4v) is 3.39. The number of hydrogen-bond acceptors (Lipinski definition) is 5. The van der Waals surface area contributed by atoms with Crippen LogP contribution in [0.2, 0.25) is 5.02 Å². The average Bonchev–Trinajstić information content (AvgIpc) is 3.08. The topological polar surface area (TPSA) is 64.1 Å². The number of pyridine rings is 1. The number of halogens is 1. The molecular formula is C18H16ClN3O2S. The third-order valence-electron chi connectivity index (χ3n) is 3.50. The highest BCUT2D eigenvalue weighted by Gasteiger charge is 2.11. The molecule has 0 unspecified atom stereocenters. The van der Waals surface area contributed by atoms with Crippen LogP contribution in [-0.2, 0) is 17.8 Å². The van der Waals surface area contributed by atoms with Gasteiger partial charge in [0.25, 0.3) is 0 Å². The highest BCUT2D eigenvalue weighted by Crippen LogP contribution is 2.30. The van der Waals surface area contributed by atoms with Crippen molar-refractivity contribution in [2.75, 3.05) is 7.11 Å². The number of rotatable bonds is 6. The molecule has 0 aliphatic heterocycles. The van der Waals surface area contributed by atoms with Crippen molar-refractivity contribution in [2.45, 2.75) is 13.0 Å². The summed E-state index contributed by atoms with van der Waals surface area (Å²) >= 11 is 7.67. The average molecular weight is 374 g/mol. The van der Waals surface area contributed by atoms with Crippen molar-refractivity contribution in [1.29, 1.82) is 0 Å². The number of benzene rings is 1. The van der Waals surface area contributed by atoms with Gasteiger partial charge in [-0.05, 0) is 17.7 Å². The zero-order valence-electron chi connectivity index (χ0n) is 13.5. The normalized spacial score (nSPS) is 10.5. The Morgan fingerprint density at radius 2 is 2.16 bits per heavy atom. The first-order valence-corrected chi connectivity index (χ1v) is 8.86. The van der Waals surface area contributed by atoms with E-state index in [1.54, 1.807) is 19.4 Å². The summed E-state index contributed by atoms with van der Waals surface area (Å²) in [6.45, 7) is 0.416. The number of hydrogen-bond donors (Lipinski definition) is 1. The van der Waals surface area contributed by atoms with E-state index in [1.165, 1.54) is 11.3 Å². The lowest BCUT2D eigenvalue weighted by atomic mass is 10.2. The van der Waals surface area contributed by atoms with E-state index in [0.717, 1.165) is 21.8 Å². The maximum absolute atomic E-state index is 12.1. The van der Waals surface area contributed by atoms with Gasteiger partial charge in [0.2, 0.25) is 11.8 Å². The zero-order valence-corrected chi connectivity index (χ0v) is 15.1. The molecule has 2 heterocycles. The molecule has 0 fully saturated rings. The van der Waals surface area contributed by atoms with Gasteiger partial charge in [0.05, 0.1) is 24.2 Å². The molecule has 1 N–H and O–H groups in total. The van der Waals surface area contributed by atoms with Crippen LogP contribution >= 0.6 is 22.9 Å². The van der Waals surface area contributed by atoms with Crippen LogP contribution in [0, 0.1) is 0 Å². The Labute approximate surface area is 154 Å². The summed E-state index contributed by atoms with van der Waals surface area (Å²) in [4.78, 5) is 20.7. The molecule has 0 radical (unpaired) electrons. The van der Waals surface area contributed by atoms with Crippen molar-refractivity contribution < 1.29 is 9.53 Å². The van der Waals surface area contributed by atoms with Crippen molar-refractivity contribution in [3.8, 4) is 16.5 Å². The predicted molar refractivity (Wildman–Crippen MR) is 98.9 cm³/mol. The van der Waals surface area contributed by atoms with Gasteiger partial charge in [-0.25, -0.2) is 9.97 Å². The molecule has 0 saturated carbocycles. The maximum atomic E-state index is 12.1. The summed E-state index contributed by atoms with van der Waals surface area (Å²) < 4.78 is 5.07. The van der Waals surface area contributed by atoms with E-state index in [9.17, 15) is 4.79 Å². The Bertz CT molecular complexity index is 882. The molecule has 5 nitrogen and oxygen atoms in total. The van der Waals surface area contributed by atoms with Crippen LogP contribution in [0.1, 0.15) is 11.3 Å². The van der Waals surface area contributed by atoms with Crippen LogP contribution in [0.5, 0.6) is 5.88 Å². The van der Waals surface area contributed by atoms with E-state index >= 15 is 0 Å². The van der Waals surface area contributed by atoms with E-state index < -0.39 is 0 Å². The number of thiazole rings is 1. The molecule has 0 aliphatic carbocycles. The predicted octanol–water partition coefficient (Wildman–Crippen LogP) is 3.73. The molecule has 7 heteroatoms. The molecule has 0 saturated heterocycles. The molecule has 0 spiro atoms. The van der Waals surface area contributed by atoms with Crippen LogP contribution in [0.3, 0.4) is 0 Å². The largest absolute Gasteiger partial charge is 0.481 e. The molecule has 3 rings (SSSR count). The van der Waals surface area contributed by atoms with Crippen molar-refractivity contribution in [1.82, 2.24) is 15.3 Å². The van der Waals surface area contributed by atoms with Crippen LogP contribution < -0.4 is 10.1 Å². The lowest BCUT2D eigenvalue weighted by Gasteiger charge is -2.05. The third-order valence-corrected chi connectivity index (χ3v) is 4.75. The Balaban J connectivity index is 1.59. The molecule has 1 aromatic carbocycles. The Hall–Kier alpha value is -2.44. The molecule has 1 amide bonds. The van der Waals surface area contributed by atoms with Gasteiger partial charge in [-0.1, -0.05) is 29.8 Å². The Kier molecular flexibility index (Phi) is 5.63. The highest BCUT2D eigenvalue weighted by molar-refractivity contribution is 7.13. The molecule has 0 bridgehead atoms. The summed E-state index contributed by atoms with van der Waals surface area (Å²) in [6, 6.07) is 11.2. The van der Waals surface area contributed by atoms with E-state index in [1.807, 2.05) is 35.7 Å². The monoisotopic (exact) mass is 373 g/mol. The van der Waals surface area contributed by atoms with Gasteiger partial charge in [-0.15, -0.1) is 11.3 Å². The van der Waals surface area contributed by atoms with Gasteiger partial charge >= 0.3 is 0 Å². The number of carbonyl (C=O) groups is 1. The maximum Gasteiger partial charge on any atom is 0.226 e. The van der Waals surface area contributed by atoms with Crippen molar-refractivity contribution in [3.63, 3.8) is 0 Å². The second-order valence-corrected chi connectivity index (χ2v) is 6.55. The second-order valence-electron chi connectivity index (χ2n) is 5.28. The van der Waals surface area contributed by atoms with Crippen molar-refractivity contribution >= 4 is 28.8 Å². The molecule has 3 aromatic rings. The molecule has 0 atom stereocenters. The number of aromatic nitrogens is 2. The van der Waals surface area contributed by atoms with E-state index in [4.69, 9.17) is 16.3 Å². The van der Waals surface area contributed by atoms with Gasteiger partial charge in [-0.3, -0.25) is 4.79 Å². The van der Waals surface area contributed by atoms with Crippen LogP contribution in [-0.4, -0.2) is 23.0 Å². The van der Waals surface area contributed by atoms with Gasteiger partial charge < -0.3 is 10.1 Å². The fraction of sp³-hybridized carbons (Fsp3) is 0.167. The Morgan fingerprint density at radius 1 is 1.32 bits per heavy atom. The van der Waals surface area contributed by atoms with Gasteiger partial charge in [-0.2, -0.15) is 0 Å². The first kappa shape index (κ1) is 17.4. The third kappa shape index (κ3) is 4.55. The van der Waals surface area contributed by atoms with Crippen LogP contribution in [0.4, 0.5) is 0 Å². The standard InChI is InChI=1S/C18H16ClN3O2S/c1-24-17-8-12(6-7-20-17)10-21-16(23)9-13-11-25-18(22-13)14-4-2-3-5-15(14)19/h2-8,11H,9-10H2,1H3,(H,21,23). The summed E-state index contributed by atoms with van der Waals surface area (Å²) in [5.41, 5.74) is 2.53. The summed E-state index contributed by atoms with van der Waals surface area (Å²) in [5.74, 6) is 0.433. The smallest absolute Gasteiger partial charge is 0.226 e. The molecule has 2 aromatic heterocycles. The summed E-state index contributed by atoms with van der Waals surface area (Å²) in [6.07, 6.45) is 1.87. The SMILES string of the molecule is COc1cc(CNC(=O)Cc2csc(-c3ccccc3Cl)n2)ccn1. The number of nitrogens with one attached hydrogen (secondary N) is 1. The molecular weight excluding hydrogens is 358 g/mol. The van der Waals surface area contributed by atoms with Gasteiger partial charge in [0.1, 0.15) is 5.01 Å². The Morgan fingerprint density at radius 3 is 2.96 bits per heavy atom. The van der Waals surface area contributed by atoms with Crippen LogP contribution in [0.25, 0.3) is 10.6 Å². The number of amides is 1. The molecule has 25 heavy (non-hydrogen) atoms. The number of methoxy groups -OCH3 is 1. The fourth-order valence-electron chi connectivity index (χ4n) is 2.25.